The molecular weight excluding hydrogens is 220 g/mol. The molecule has 1 atom stereocenters. The molecule has 2 heterocycles. The zero-order valence-corrected chi connectivity index (χ0v) is 10.4. The van der Waals surface area contributed by atoms with Crippen LogP contribution in [0.25, 0.3) is 0 Å². The van der Waals surface area contributed by atoms with Crippen LogP contribution in [0.3, 0.4) is 0 Å². The van der Waals surface area contributed by atoms with E-state index < -0.39 is 0 Å². The zero-order chi connectivity index (χ0) is 12.6. The summed E-state index contributed by atoms with van der Waals surface area (Å²) in [6.07, 6.45) is 0. The molecule has 2 N–H and O–H groups in total. The first kappa shape index (κ1) is 11.9. The van der Waals surface area contributed by atoms with Crippen LogP contribution in [0.1, 0.15) is 18.2 Å². The number of aliphatic hydroxyl groups is 1. The summed E-state index contributed by atoms with van der Waals surface area (Å²) in [7, 11) is 1.83. The van der Waals surface area contributed by atoms with Crippen molar-refractivity contribution in [3.63, 3.8) is 0 Å². The Morgan fingerprint density at radius 3 is 2.94 bits per heavy atom. The van der Waals surface area contributed by atoms with Gasteiger partial charge in [-0.25, -0.2) is 0 Å². The molecule has 17 heavy (non-hydrogen) atoms. The molecular formula is C11H18N4O2. The van der Waals surface area contributed by atoms with Crippen LogP contribution in [0.4, 0.5) is 5.82 Å². The summed E-state index contributed by atoms with van der Waals surface area (Å²) in [6, 6.07) is -0.233. The molecule has 0 aliphatic carbocycles. The topological polar surface area (TPSA) is 70.4 Å². The van der Waals surface area contributed by atoms with Gasteiger partial charge in [-0.15, -0.1) is 0 Å². The van der Waals surface area contributed by atoms with Gasteiger partial charge in [-0.3, -0.25) is 9.48 Å². The van der Waals surface area contributed by atoms with E-state index in [1.807, 2.05) is 25.8 Å². The van der Waals surface area contributed by atoms with Crippen LogP contribution in [0.5, 0.6) is 0 Å². The van der Waals surface area contributed by atoms with Crippen molar-refractivity contribution in [2.45, 2.75) is 26.5 Å². The number of carbonyl (C=O) groups is 1. The maximum Gasteiger partial charge on any atom is 0.242 e. The molecule has 0 aromatic carbocycles. The molecule has 0 radical (unpaired) electrons. The smallest absolute Gasteiger partial charge is 0.242 e. The molecule has 1 aromatic rings. The Morgan fingerprint density at radius 2 is 2.29 bits per heavy atom. The average Bonchev–Trinajstić information content (AvgIpc) is 2.57. The minimum absolute atomic E-state index is 0.0130. The van der Waals surface area contributed by atoms with Gasteiger partial charge in [-0.05, 0) is 13.8 Å². The molecule has 0 saturated carbocycles. The lowest BCUT2D eigenvalue weighted by Gasteiger charge is -2.34. The van der Waals surface area contributed by atoms with Crippen LogP contribution in [0.15, 0.2) is 0 Å². The highest BCUT2D eigenvalue weighted by atomic mass is 16.3. The van der Waals surface area contributed by atoms with Gasteiger partial charge in [0, 0.05) is 25.7 Å². The number of hydrogen-bond acceptors (Lipinski definition) is 4. The Hall–Kier alpha value is -1.56. The van der Waals surface area contributed by atoms with Crippen LogP contribution in [0.2, 0.25) is 0 Å². The van der Waals surface area contributed by atoms with E-state index in [4.69, 9.17) is 0 Å². The third-order valence-electron chi connectivity index (χ3n) is 3.24. The Kier molecular flexibility index (Phi) is 3.06. The summed E-state index contributed by atoms with van der Waals surface area (Å²) >= 11 is 0. The van der Waals surface area contributed by atoms with E-state index in [0.29, 0.717) is 6.54 Å². The summed E-state index contributed by atoms with van der Waals surface area (Å²) < 4.78 is 1.73. The second-order valence-electron chi connectivity index (χ2n) is 4.33. The molecule has 0 spiro atoms. The fourth-order valence-electron chi connectivity index (χ4n) is 2.31. The second-order valence-corrected chi connectivity index (χ2v) is 4.33. The van der Waals surface area contributed by atoms with E-state index in [1.54, 1.807) is 4.68 Å². The lowest BCUT2D eigenvalue weighted by atomic mass is 10.1. The summed E-state index contributed by atoms with van der Waals surface area (Å²) in [5, 5.41) is 16.5. The maximum absolute atomic E-state index is 11.7. The highest BCUT2D eigenvalue weighted by Gasteiger charge is 2.29. The minimum atomic E-state index is -0.233. The number of piperazine rings is 1. The lowest BCUT2D eigenvalue weighted by molar-refractivity contribution is -0.122. The SMILES string of the molecule is Cc1nn(C)c(N2CCNC(=O)C2C)c1CO. The monoisotopic (exact) mass is 238 g/mol. The predicted molar refractivity (Wildman–Crippen MR) is 63.7 cm³/mol. The maximum atomic E-state index is 11.7. The lowest BCUT2D eigenvalue weighted by Crippen LogP contribution is -2.54. The molecule has 1 aliphatic rings. The fraction of sp³-hybridized carbons (Fsp3) is 0.636. The van der Waals surface area contributed by atoms with Gasteiger partial charge in [-0.1, -0.05) is 0 Å². The van der Waals surface area contributed by atoms with Crippen LogP contribution < -0.4 is 10.2 Å². The van der Waals surface area contributed by atoms with Crippen molar-refractivity contribution in [1.29, 1.82) is 0 Å². The van der Waals surface area contributed by atoms with Crippen LogP contribution in [0, 0.1) is 6.92 Å². The molecule has 0 bridgehead atoms. The molecule has 1 fully saturated rings. The molecule has 1 unspecified atom stereocenters. The van der Waals surface area contributed by atoms with E-state index in [0.717, 1.165) is 23.6 Å². The first-order valence-corrected chi connectivity index (χ1v) is 5.74. The first-order chi connectivity index (χ1) is 8.06. The molecule has 1 aliphatic heterocycles. The van der Waals surface area contributed by atoms with E-state index in [-0.39, 0.29) is 18.6 Å². The molecule has 1 aromatic heterocycles. The molecule has 2 rings (SSSR count). The third-order valence-corrected chi connectivity index (χ3v) is 3.24. The molecule has 6 nitrogen and oxygen atoms in total. The van der Waals surface area contributed by atoms with E-state index in [2.05, 4.69) is 10.4 Å². The number of nitrogens with one attached hydrogen (secondary N) is 1. The van der Waals surface area contributed by atoms with Crippen molar-refractivity contribution in [3.8, 4) is 0 Å². The minimum Gasteiger partial charge on any atom is -0.391 e. The van der Waals surface area contributed by atoms with E-state index >= 15 is 0 Å². The van der Waals surface area contributed by atoms with Gasteiger partial charge in [0.1, 0.15) is 11.9 Å². The standard InChI is InChI=1S/C11H18N4O2/c1-7-9(6-16)11(14(3)13-7)15-5-4-12-10(17)8(15)2/h8,16H,4-6H2,1-3H3,(H,12,17). The van der Waals surface area contributed by atoms with Crippen LogP contribution >= 0.6 is 0 Å². The van der Waals surface area contributed by atoms with Gasteiger partial charge in [-0.2, -0.15) is 5.10 Å². The number of amides is 1. The van der Waals surface area contributed by atoms with Gasteiger partial charge >= 0.3 is 0 Å². The molecule has 1 amide bonds. The second kappa shape index (κ2) is 4.37. The Balaban J connectivity index is 2.42. The first-order valence-electron chi connectivity index (χ1n) is 5.74. The highest BCUT2D eigenvalue weighted by Crippen LogP contribution is 2.25. The van der Waals surface area contributed by atoms with Crippen molar-refractivity contribution in [1.82, 2.24) is 15.1 Å². The quantitative estimate of drug-likeness (QED) is 0.732. The van der Waals surface area contributed by atoms with Crippen LogP contribution in [-0.4, -0.2) is 39.9 Å². The Bertz CT molecular complexity index is 441. The van der Waals surface area contributed by atoms with Crippen molar-refractivity contribution in [2.75, 3.05) is 18.0 Å². The normalized spacial score (nSPS) is 20.6. The number of aromatic nitrogens is 2. The number of hydrogen-bond donors (Lipinski definition) is 2. The molecule has 1 saturated heterocycles. The molecule has 6 heteroatoms. The van der Waals surface area contributed by atoms with Crippen LogP contribution in [-0.2, 0) is 18.4 Å². The largest absolute Gasteiger partial charge is 0.391 e. The van der Waals surface area contributed by atoms with Gasteiger partial charge in [0.2, 0.25) is 5.91 Å². The van der Waals surface area contributed by atoms with Crippen molar-refractivity contribution >= 4 is 11.7 Å². The number of anilines is 1. The Labute approximate surface area is 100 Å². The van der Waals surface area contributed by atoms with Crippen molar-refractivity contribution in [2.24, 2.45) is 7.05 Å². The average molecular weight is 238 g/mol. The summed E-state index contributed by atoms with van der Waals surface area (Å²) in [4.78, 5) is 13.6. The summed E-state index contributed by atoms with van der Waals surface area (Å²) in [6.45, 7) is 5.03. The van der Waals surface area contributed by atoms with Gasteiger partial charge < -0.3 is 15.3 Å². The number of nitrogens with zero attached hydrogens (tertiary/aromatic N) is 3. The van der Waals surface area contributed by atoms with E-state index in [9.17, 15) is 9.90 Å². The zero-order valence-electron chi connectivity index (χ0n) is 10.4. The summed E-state index contributed by atoms with van der Waals surface area (Å²) in [5.74, 6) is 0.853. The number of rotatable bonds is 2. The number of carbonyl (C=O) groups excluding carboxylic acids is 1. The highest BCUT2D eigenvalue weighted by molar-refractivity contribution is 5.86. The van der Waals surface area contributed by atoms with Gasteiger partial charge in [0.25, 0.3) is 0 Å². The van der Waals surface area contributed by atoms with Gasteiger partial charge in [0.15, 0.2) is 0 Å². The van der Waals surface area contributed by atoms with Gasteiger partial charge in [0.05, 0.1) is 12.3 Å². The third kappa shape index (κ3) is 1.88. The van der Waals surface area contributed by atoms with Crippen molar-refractivity contribution in [3.05, 3.63) is 11.3 Å². The fourth-order valence-corrected chi connectivity index (χ4v) is 2.31. The number of aryl methyl sites for hydroxylation is 2. The Morgan fingerprint density at radius 1 is 1.59 bits per heavy atom. The molecule has 94 valence electrons. The van der Waals surface area contributed by atoms with E-state index in [1.165, 1.54) is 0 Å². The summed E-state index contributed by atoms with van der Waals surface area (Å²) in [5.41, 5.74) is 1.61. The van der Waals surface area contributed by atoms with Crippen molar-refractivity contribution < 1.29 is 9.90 Å². The predicted octanol–water partition coefficient (Wildman–Crippen LogP) is -0.454. The number of aliphatic hydroxyl groups excluding tert-OH is 1.